The molecule has 110 valence electrons. The van der Waals surface area contributed by atoms with Crippen LogP contribution in [0.25, 0.3) is 0 Å². The van der Waals surface area contributed by atoms with Crippen molar-refractivity contribution in [1.82, 2.24) is 14.7 Å². The number of rotatable bonds is 5. The zero-order chi connectivity index (χ0) is 14.4. The molecule has 1 aromatic heterocycles. The van der Waals surface area contributed by atoms with Crippen LogP contribution in [0.2, 0.25) is 0 Å². The van der Waals surface area contributed by atoms with E-state index in [-0.39, 0.29) is 17.8 Å². The average molecular weight is 279 g/mol. The molecule has 1 aromatic rings. The molecule has 6 heteroatoms. The van der Waals surface area contributed by atoms with E-state index in [1.165, 1.54) is 0 Å². The first-order valence-corrected chi connectivity index (χ1v) is 7.12. The highest BCUT2D eigenvalue weighted by Crippen LogP contribution is 2.18. The number of carbonyl (C=O) groups is 2. The molecule has 6 nitrogen and oxygen atoms in total. The van der Waals surface area contributed by atoms with Gasteiger partial charge in [0.1, 0.15) is 0 Å². The van der Waals surface area contributed by atoms with Gasteiger partial charge in [-0.15, -0.1) is 0 Å². The second-order valence-corrected chi connectivity index (χ2v) is 4.95. The highest BCUT2D eigenvalue weighted by molar-refractivity contribution is 5.78. The van der Waals surface area contributed by atoms with Crippen LogP contribution in [0.5, 0.6) is 0 Å². The van der Waals surface area contributed by atoms with Gasteiger partial charge in [-0.1, -0.05) is 0 Å². The molecule has 20 heavy (non-hydrogen) atoms. The monoisotopic (exact) mass is 279 g/mol. The van der Waals surface area contributed by atoms with Gasteiger partial charge in [0.15, 0.2) is 0 Å². The number of nitrogens with zero attached hydrogens (tertiary/aromatic N) is 3. The lowest BCUT2D eigenvalue weighted by Crippen LogP contribution is -2.43. The maximum atomic E-state index is 12.2. The molecule has 1 saturated heterocycles. The van der Waals surface area contributed by atoms with Gasteiger partial charge in [0.2, 0.25) is 5.91 Å². The molecule has 2 heterocycles. The largest absolute Gasteiger partial charge is 0.466 e. The molecule has 1 aliphatic rings. The summed E-state index contributed by atoms with van der Waals surface area (Å²) in [5.74, 6) is -0.274. The van der Waals surface area contributed by atoms with Crippen LogP contribution in [0, 0.1) is 5.92 Å². The van der Waals surface area contributed by atoms with Gasteiger partial charge in [-0.2, -0.15) is 5.10 Å². The molecule has 2 rings (SSSR count). The Morgan fingerprint density at radius 3 is 3.00 bits per heavy atom. The summed E-state index contributed by atoms with van der Waals surface area (Å²) >= 11 is 0. The van der Waals surface area contributed by atoms with Gasteiger partial charge in [0.05, 0.1) is 12.5 Å². The number of hydrogen-bond acceptors (Lipinski definition) is 4. The van der Waals surface area contributed by atoms with E-state index in [4.69, 9.17) is 4.74 Å². The third-order valence-electron chi connectivity index (χ3n) is 3.51. The maximum Gasteiger partial charge on any atom is 0.310 e. The lowest BCUT2D eigenvalue weighted by atomic mass is 9.98. The number of carbonyl (C=O) groups excluding carboxylic acids is 2. The summed E-state index contributed by atoms with van der Waals surface area (Å²) in [6.07, 6.45) is 5.61. The Morgan fingerprint density at radius 1 is 1.45 bits per heavy atom. The number of amides is 1. The summed E-state index contributed by atoms with van der Waals surface area (Å²) < 4.78 is 6.78. The minimum atomic E-state index is -0.183. The number of esters is 1. The zero-order valence-electron chi connectivity index (χ0n) is 11.8. The number of aryl methyl sites for hydroxylation is 1. The minimum Gasteiger partial charge on any atom is -0.466 e. The van der Waals surface area contributed by atoms with Crippen molar-refractivity contribution in [2.45, 2.75) is 32.7 Å². The standard InChI is InChI=1S/C14H21N3O3/c1-2-20-14(19)12-5-3-8-16(11-12)13(18)6-10-17-9-4-7-15-17/h4,7,9,12H,2-3,5-6,8,10-11H2,1H3. The normalized spacial score (nSPS) is 18.9. The lowest BCUT2D eigenvalue weighted by Gasteiger charge is -2.31. The molecule has 1 amide bonds. The number of aromatic nitrogens is 2. The van der Waals surface area contributed by atoms with Crippen molar-refractivity contribution in [2.75, 3.05) is 19.7 Å². The van der Waals surface area contributed by atoms with Crippen LogP contribution in [0.15, 0.2) is 18.5 Å². The molecule has 1 atom stereocenters. The van der Waals surface area contributed by atoms with Crippen LogP contribution in [-0.2, 0) is 20.9 Å². The molecular formula is C14H21N3O3. The third-order valence-corrected chi connectivity index (χ3v) is 3.51. The molecule has 1 unspecified atom stereocenters. The first-order valence-electron chi connectivity index (χ1n) is 7.12. The van der Waals surface area contributed by atoms with Crippen LogP contribution in [0.1, 0.15) is 26.2 Å². The van der Waals surface area contributed by atoms with E-state index >= 15 is 0 Å². The molecule has 0 N–H and O–H groups in total. The fraction of sp³-hybridized carbons (Fsp3) is 0.643. The Kier molecular flexibility index (Phi) is 5.15. The Balaban J connectivity index is 1.81. The summed E-state index contributed by atoms with van der Waals surface area (Å²) in [6.45, 7) is 3.98. The number of ether oxygens (including phenoxy) is 1. The molecule has 0 radical (unpaired) electrons. The molecule has 1 fully saturated rings. The first-order chi connectivity index (χ1) is 9.70. The van der Waals surface area contributed by atoms with E-state index in [1.54, 1.807) is 22.7 Å². The predicted octanol–water partition coefficient (Wildman–Crippen LogP) is 1.07. The molecule has 0 aromatic carbocycles. The summed E-state index contributed by atoms with van der Waals surface area (Å²) in [7, 11) is 0. The van der Waals surface area contributed by atoms with Gasteiger partial charge >= 0.3 is 5.97 Å². The first kappa shape index (κ1) is 14.6. The van der Waals surface area contributed by atoms with Crippen molar-refractivity contribution >= 4 is 11.9 Å². The van der Waals surface area contributed by atoms with Gasteiger partial charge in [-0.25, -0.2) is 0 Å². The Hall–Kier alpha value is -1.85. The van der Waals surface area contributed by atoms with Crippen molar-refractivity contribution in [3.05, 3.63) is 18.5 Å². The van der Waals surface area contributed by atoms with E-state index in [0.29, 0.717) is 26.1 Å². The fourth-order valence-corrected chi connectivity index (χ4v) is 2.46. The van der Waals surface area contributed by atoms with E-state index in [9.17, 15) is 9.59 Å². The highest BCUT2D eigenvalue weighted by atomic mass is 16.5. The predicted molar refractivity (Wildman–Crippen MR) is 72.8 cm³/mol. The topological polar surface area (TPSA) is 64.4 Å². The van der Waals surface area contributed by atoms with Gasteiger partial charge in [-0.3, -0.25) is 14.3 Å². The van der Waals surface area contributed by atoms with Crippen molar-refractivity contribution < 1.29 is 14.3 Å². The van der Waals surface area contributed by atoms with Crippen molar-refractivity contribution in [2.24, 2.45) is 5.92 Å². The van der Waals surface area contributed by atoms with E-state index in [1.807, 2.05) is 12.3 Å². The number of piperidine rings is 1. The summed E-state index contributed by atoms with van der Waals surface area (Å²) in [5.41, 5.74) is 0. The average Bonchev–Trinajstić information content (AvgIpc) is 2.98. The number of hydrogen-bond donors (Lipinski definition) is 0. The van der Waals surface area contributed by atoms with Crippen LogP contribution < -0.4 is 0 Å². The quantitative estimate of drug-likeness (QED) is 0.756. The van der Waals surface area contributed by atoms with Crippen LogP contribution in [-0.4, -0.2) is 46.3 Å². The summed E-state index contributed by atoms with van der Waals surface area (Å²) in [6, 6.07) is 1.84. The van der Waals surface area contributed by atoms with Crippen molar-refractivity contribution in [3.63, 3.8) is 0 Å². The second-order valence-electron chi connectivity index (χ2n) is 4.95. The molecule has 1 aliphatic heterocycles. The maximum absolute atomic E-state index is 12.2. The smallest absolute Gasteiger partial charge is 0.310 e. The van der Waals surface area contributed by atoms with Gasteiger partial charge in [0, 0.05) is 38.4 Å². The van der Waals surface area contributed by atoms with E-state index in [2.05, 4.69) is 5.10 Å². The van der Waals surface area contributed by atoms with E-state index in [0.717, 1.165) is 19.4 Å². The molecule has 0 bridgehead atoms. The molecule has 0 spiro atoms. The van der Waals surface area contributed by atoms with Crippen molar-refractivity contribution in [1.29, 1.82) is 0 Å². The molecule has 0 saturated carbocycles. The fourth-order valence-electron chi connectivity index (χ4n) is 2.46. The number of likely N-dealkylation sites (tertiary alicyclic amines) is 1. The molecule has 0 aliphatic carbocycles. The third kappa shape index (κ3) is 3.82. The van der Waals surface area contributed by atoms with Gasteiger partial charge in [0.25, 0.3) is 0 Å². The van der Waals surface area contributed by atoms with Crippen LogP contribution >= 0.6 is 0 Å². The second kappa shape index (κ2) is 7.07. The highest BCUT2D eigenvalue weighted by Gasteiger charge is 2.28. The van der Waals surface area contributed by atoms with Crippen LogP contribution in [0.3, 0.4) is 0 Å². The lowest BCUT2D eigenvalue weighted by molar-refractivity contribution is -0.151. The van der Waals surface area contributed by atoms with Gasteiger partial charge in [-0.05, 0) is 25.8 Å². The summed E-state index contributed by atoms with van der Waals surface area (Å²) in [4.78, 5) is 25.7. The SMILES string of the molecule is CCOC(=O)C1CCCN(C(=O)CCn2cccn2)C1. The van der Waals surface area contributed by atoms with Crippen molar-refractivity contribution in [3.8, 4) is 0 Å². The Labute approximate surface area is 118 Å². The van der Waals surface area contributed by atoms with E-state index < -0.39 is 0 Å². The Morgan fingerprint density at radius 2 is 2.30 bits per heavy atom. The van der Waals surface area contributed by atoms with Gasteiger partial charge < -0.3 is 9.64 Å². The minimum absolute atomic E-state index is 0.0782. The molecular weight excluding hydrogens is 258 g/mol. The zero-order valence-corrected chi connectivity index (χ0v) is 11.8. The van der Waals surface area contributed by atoms with Crippen LogP contribution in [0.4, 0.5) is 0 Å². The Bertz CT molecular complexity index is 445. The summed E-state index contributed by atoms with van der Waals surface area (Å²) in [5, 5.41) is 4.07.